The Morgan fingerprint density at radius 1 is 1.17 bits per heavy atom. The molecule has 0 bridgehead atoms. The number of imidazole rings is 1. The Balaban J connectivity index is 1.66. The van der Waals surface area contributed by atoms with Crippen LogP contribution in [0.25, 0.3) is 16.9 Å². The second-order valence-electron chi connectivity index (χ2n) is 6.66. The fourth-order valence-corrected chi connectivity index (χ4v) is 3.07. The Hall–Kier alpha value is -3.78. The Labute approximate surface area is 173 Å². The number of carbonyl (C=O) groups is 1. The fourth-order valence-electron chi connectivity index (χ4n) is 3.07. The van der Waals surface area contributed by atoms with Crippen LogP contribution in [0.1, 0.15) is 22.6 Å². The van der Waals surface area contributed by atoms with Gasteiger partial charge in [-0.2, -0.15) is 5.10 Å². The number of amides is 1. The number of nitrogens with zero attached hydrogens (tertiary/aromatic N) is 4. The van der Waals surface area contributed by atoms with Gasteiger partial charge >= 0.3 is 0 Å². The predicted molar refractivity (Wildman–Crippen MR) is 113 cm³/mol. The van der Waals surface area contributed by atoms with Crippen LogP contribution in [0.4, 0.5) is 5.82 Å². The highest BCUT2D eigenvalue weighted by atomic mass is 16.5. The van der Waals surface area contributed by atoms with Crippen molar-refractivity contribution < 1.29 is 14.6 Å². The molecule has 0 aliphatic rings. The summed E-state index contributed by atoms with van der Waals surface area (Å²) in [6.07, 6.45) is 2.18. The third-order valence-corrected chi connectivity index (χ3v) is 4.47. The van der Waals surface area contributed by atoms with E-state index in [0.29, 0.717) is 47.3 Å². The van der Waals surface area contributed by atoms with E-state index in [1.165, 1.54) is 0 Å². The SMILES string of the molecule is Cc1nc2ccc(-c3cccc(OCCCO)c3)nn2c1C(=O)Nc1ccccn1. The fraction of sp³-hybridized carbons (Fsp3) is 0.182. The van der Waals surface area contributed by atoms with E-state index >= 15 is 0 Å². The maximum absolute atomic E-state index is 12.9. The molecule has 152 valence electrons. The maximum atomic E-state index is 12.9. The topological polar surface area (TPSA) is 102 Å². The highest BCUT2D eigenvalue weighted by Crippen LogP contribution is 2.24. The number of ether oxygens (including phenoxy) is 1. The second-order valence-corrected chi connectivity index (χ2v) is 6.66. The van der Waals surface area contributed by atoms with Crippen LogP contribution in [-0.2, 0) is 0 Å². The number of aryl methyl sites for hydroxylation is 1. The molecular weight excluding hydrogens is 382 g/mol. The molecule has 1 aromatic carbocycles. The molecule has 0 saturated carbocycles. The van der Waals surface area contributed by atoms with E-state index in [1.807, 2.05) is 36.4 Å². The molecule has 0 aliphatic carbocycles. The molecule has 0 spiro atoms. The maximum Gasteiger partial charge on any atom is 0.277 e. The summed E-state index contributed by atoms with van der Waals surface area (Å²) in [6, 6.07) is 16.5. The normalized spacial score (nSPS) is 10.9. The molecule has 0 unspecified atom stereocenters. The predicted octanol–water partition coefficient (Wildman–Crippen LogP) is 3.11. The first-order valence-corrected chi connectivity index (χ1v) is 9.58. The Kier molecular flexibility index (Phi) is 5.67. The molecule has 1 amide bonds. The van der Waals surface area contributed by atoms with Crippen LogP contribution in [0.3, 0.4) is 0 Å². The number of rotatable bonds is 7. The van der Waals surface area contributed by atoms with E-state index in [0.717, 1.165) is 5.56 Å². The minimum absolute atomic E-state index is 0.0846. The lowest BCUT2D eigenvalue weighted by molar-refractivity contribution is 0.101. The summed E-state index contributed by atoms with van der Waals surface area (Å²) in [5.74, 6) is 0.822. The average Bonchev–Trinajstić information content (AvgIpc) is 3.10. The molecule has 2 N–H and O–H groups in total. The number of pyridine rings is 1. The van der Waals surface area contributed by atoms with Crippen molar-refractivity contribution in [1.82, 2.24) is 19.6 Å². The molecule has 8 heteroatoms. The molecule has 3 aromatic heterocycles. The van der Waals surface area contributed by atoms with E-state index < -0.39 is 0 Å². The summed E-state index contributed by atoms with van der Waals surface area (Å²) >= 11 is 0. The van der Waals surface area contributed by atoms with Gasteiger partial charge in [0.2, 0.25) is 0 Å². The van der Waals surface area contributed by atoms with E-state index in [2.05, 4.69) is 20.4 Å². The number of fused-ring (bicyclic) bond motifs is 1. The molecule has 8 nitrogen and oxygen atoms in total. The number of hydrogen-bond acceptors (Lipinski definition) is 6. The molecule has 0 aliphatic heterocycles. The van der Waals surface area contributed by atoms with E-state index in [-0.39, 0.29) is 12.5 Å². The quantitative estimate of drug-likeness (QED) is 0.460. The van der Waals surface area contributed by atoms with Crippen molar-refractivity contribution in [3.8, 4) is 17.0 Å². The van der Waals surface area contributed by atoms with Gasteiger partial charge in [0.25, 0.3) is 5.91 Å². The first kappa shape index (κ1) is 19.5. The van der Waals surface area contributed by atoms with E-state index in [1.54, 1.807) is 35.8 Å². The Bertz CT molecular complexity index is 1170. The molecule has 0 atom stereocenters. The number of aliphatic hydroxyl groups is 1. The summed E-state index contributed by atoms with van der Waals surface area (Å²) in [4.78, 5) is 21.4. The van der Waals surface area contributed by atoms with E-state index in [9.17, 15) is 4.79 Å². The van der Waals surface area contributed by atoms with Crippen LogP contribution in [0.15, 0.2) is 60.8 Å². The molecular formula is C22H21N5O3. The zero-order valence-electron chi connectivity index (χ0n) is 16.4. The summed E-state index contributed by atoms with van der Waals surface area (Å²) < 4.78 is 7.19. The largest absolute Gasteiger partial charge is 0.493 e. The number of hydrogen-bond donors (Lipinski definition) is 2. The number of benzene rings is 1. The van der Waals surface area contributed by atoms with Gasteiger partial charge in [-0.25, -0.2) is 14.5 Å². The van der Waals surface area contributed by atoms with Crippen molar-refractivity contribution in [3.63, 3.8) is 0 Å². The van der Waals surface area contributed by atoms with Crippen molar-refractivity contribution >= 4 is 17.4 Å². The number of aliphatic hydroxyl groups excluding tert-OH is 1. The minimum atomic E-state index is -0.329. The number of aromatic nitrogens is 4. The highest BCUT2D eigenvalue weighted by molar-refractivity contribution is 6.03. The van der Waals surface area contributed by atoms with E-state index in [4.69, 9.17) is 9.84 Å². The molecule has 4 aromatic rings. The first-order chi connectivity index (χ1) is 14.7. The third kappa shape index (κ3) is 4.13. The van der Waals surface area contributed by atoms with Gasteiger partial charge in [0, 0.05) is 24.8 Å². The van der Waals surface area contributed by atoms with Crippen LogP contribution < -0.4 is 10.1 Å². The van der Waals surface area contributed by atoms with Gasteiger partial charge in [0.1, 0.15) is 11.6 Å². The lowest BCUT2D eigenvalue weighted by atomic mass is 10.1. The molecule has 0 fully saturated rings. The van der Waals surface area contributed by atoms with Crippen LogP contribution in [0.2, 0.25) is 0 Å². The second kappa shape index (κ2) is 8.71. The van der Waals surface area contributed by atoms with Gasteiger partial charge < -0.3 is 15.2 Å². The lowest BCUT2D eigenvalue weighted by Crippen LogP contribution is -2.17. The smallest absolute Gasteiger partial charge is 0.277 e. The Morgan fingerprint density at radius 3 is 2.87 bits per heavy atom. The van der Waals surface area contributed by atoms with Crippen molar-refractivity contribution in [1.29, 1.82) is 0 Å². The first-order valence-electron chi connectivity index (χ1n) is 9.58. The molecule has 0 saturated heterocycles. The van der Waals surface area contributed by atoms with Crippen LogP contribution >= 0.6 is 0 Å². The van der Waals surface area contributed by atoms with Crippen LogP contribution in [-0.4, -0.2) is 43.8 Å². The van der Waals surface area contributed by atoms with Crippen molar-refractivity contribution in [2.24, 2.45) is 0 Å². The van der Waals surface area contributed by atoms with Gasteiger partial charge in [-0.3, -0.25) is 4.79 Å². The van der Waals surface area contributed by atoms with Crippen molar-refractivity contribution in [2.75, 3.05) is 18.5 Å². The minimum Gasteiger partial charge on any atom is -0.493 e. The summed E-state index contributed by atoms with van der Waals surface area (Å²) in [5, 5.41) is 16.3. The molecule has 0 radical (unpaired) electrons. The monoisotopic (exact) mass is 403 g/mol. The molecule has 30 heavy (non-hydrogen) atoms. The van der Waals surface area contributed by atoms with Crippen LogP contribution in [0, 0.1) is 6.92 Å². The number of anilines is 1. The van der Waals surface area contributed by atoms with Gasteiger partial charge in [-0.1, -0.05) is 18.2 Å². The third-order valence-electron chi connectivity index (χ3n) is 4.47. The molecule has 4 rings (SSSR count). The zero-order chi connectivity index (χ0) is 20.9. The van der Waals surface area contributed by atoms with Gasteiger partial charge in [0.05, 0.1) is 18.0 Å². The Morgan fingerprint density at radius 2 is 2.07 bits per heavy atom. The summed E-state index contributed by atoms with van der Waals surface area (Å²) in [5.41, 5.74) is 3.04. The zero-order valence-corrected chi connectivity index (χ0v) is 16.4. The van der Waals surface area contributed by atoms with Gasteiger partial charge in [-0.15, -0.1) is 0 Å². The summed E-state index contributed by atoms with van der Waals surface area (Å²) in [6.45, 7) is 2.30. The van der Waals surface area contributed by atoms with Crippen molar-refractivity contribution in [2.45, 2.75) is 13.3 Å². The standard InChI is InChI=1S/C22H21N5O3/c1-15-21(22(29)25-19-8-2-3-11-23-19)27-20(24-15)10-9-18(26-27)16-6-4-7-17(14-16)30-13-5-12-28/h2-4,6-11,14,28H,5,12-13H2,1H3,(H,23,25,29). The van der Waals surface area contributed by atoms with Gasteiger partial charge in [-0.05, 0) is 43.3 Å². The lowest BCUT2D eigenvalue weighted by Gasteiger charge is -2.08. The number of carbonyl (C=O) groups excluding carboxylic acids is 1. The van der Waals surface area contributed by atoms with Crippen molar-refractivity contribution in [3.05, 3.63) is 72.2 Å². The average molecular weight is 403 g/mol. The van der Waals surface area contributed by atoms with Crippen LogP contribution in [0.5, 0.6) is 5.75 Å². The van der Waals surface area contributed by atoms with Gasteiger partial charge in [0.15, 0.2) is 11.3 Å². The number of nitrogens with one attached hydrogen (secondary N) is 1. The summed E-state index contributed by atoms with van der Waals surface area (Å²) in [7, 11) is 0. The highest BCUT2D eigenvalue weighted by Gasteiger charge is 2.19. The molecule has 3 heterocycles.